The molecule has 9 heteroatoms. The van der Waals surface area contributed by atoms with E-state index in [2.05, 4.69) is 0 Å². The summed E-state index contributed by atoms with van der Waals surface area (Å²) in [5, 5.41) is 0. The van der Waals surface area contributed by atoms with Crippen LogP contribution in [0.1, 0.15) is 0 Å². The summed E-state index contributed by atoms with van der Waals surface area (Å²) in [6.45, 7) is 0. The third-order valence-electron chi connectivity index (χ3n) is 3.72. The Bertz CT molecular complexity index is 765. The van der Waals surface area contributed by atoms with Crippen LogP contribution >= 0.6 is 0 Å². The van der Waals surface area contributed by atoms with E-state index in [4.69, 9.17) is 37.9 Å². The highest BCUT2D eigenvalue weighted by atomic mass is 16.7. The Labute approximate surface area is 162 Å². The molecule has 28 heavy (non-hydrogen) atoms. The standard InChI is InChI=1S/C19H22O9/c1-21-11-7-9-13(17(25-5)15(11)23-3)27-19(20)28-14-10-8-12(22-2)16(24-4)18(14)26-6/h7-10H,1-6H3. The lowest BCUT2D eigenvalue weighted by Gasteiger charge is -2.16. The van der Waals surface area contributed by atoms with Gasteiger partial charge in [0.2, 0.25) is 23.0 Å². The first-order valence-electron chi connectivity index (χ1n) is 8.02. The molecule has 0 radical (unpaired) electrons. The van der Waals surface area contributed by atoms with Crippen LogP contribution in [-0.2, 0) is 0 Å². The first-order chi connectivity index (χ1) is 13.5. The number of rotatable bonds is 8. The van der Waals surface area contributed by atoms with Crippen LogP contribution in [0.15, 0.2) is 24.3 Å². The van der Waals surface area contributed by atoms with Gasteiger partial charge in [-0.05, 0) is 24.3 Å². The summed E-state index contributed by atoms with van der Waals surface area (Å²) < 4.78 is 42.0. The van der Waals surface area contributed by atoms with Gasteiger partial charge >= 0.3 is 6.16 Å². The van der Waals surface area contributed by atoms with Crippen LogP contribution in [0.4, 0.5) is 4.79 Å². The molecule has 0 aliphatic carbocycles. The fourth-order valence-electron chi connectivity index (χ4n) is 2.51. The summed E-state index contributed by atoms with van der Waals surface area (Å²) in [7, 11) is 8.67. The summed E-state index contributed by atoms with van der Waals surface area (Å²) in [4.78, 5) is 12.3. The molecule has 2 rings (SSSR count). The number of carbonyl (C=O) groups is 1. The Kier molecular flexibility index (Phi) is 7.02. The summed E-state index contributed by atoms with van der Waals surface area (Å²) in [5.74, 6) is 1.92. The maximum atomic E-state index is 12.3. The lowest BCUT2D eigenvalue weighted by Crippen LogP contribution is -2.15. The van der Waals surface area contributed by atoms with Crippen LogP contribution in [0.25, 0.3) is 0 Å². The molecule has 2 aromatic rings. The van der Waals surface area contributed by atoms with Crippen molar-refractivity contribution in [3.05, 3.63) is 24.3 Å². The molecule has 0 saturated heterocycles. The van der Waals surface area contributed by atoms with E-state index in [9.17, 15) is 4.79 Å². The van der Waals surface area contributed by atoms with Crippen molar-refractivity contribution in [2.75, 3.05) is 42.7 Å². The second-order valence-corrected chi connectivity index (χ2v) is 5.12. The van der Waals surface area contributed by atoms with Gasteiger partial charge in [-0.2, -0.15) is 0 Å². The minimum atomic E-state index is -1.02. The van der Waals surface area contributed by atoms with Crippen molar-refractivity contribution in [2.24, 2.45) is 0 Å². The van der Waals surface area contributed by atoms with Gasteiger partial charge in [-0.3, -0.25) is 0 Å². The molecule has 152 valence electrons. The average molecular weight is 394 g/mol. The van der Waals surface area contributed by atoms with E-state index in [0.29, 0.717) is 11.5 Å². The Morgan fingerprint density at radius 1 is 0.500 bits per heavy atom. The minimum absolute atomic E-state index is 0.0876. The van der Waals surface area contributed by atoms with Crippen LogP contribution in [0, 0.1) is 0 Å². The van der Waals surface area contributed by atoms with E-state index in [-0.39, 0.29) is 34.5 Å². The van der Waals surface area contributed by atoms with E-state index in [1.807, 2.05) is 0 Å². The number of ether oxygens (including phenoxy) is 8. The predicted octanol–water partition coefficient (Wildman–Crippen LogP) is 3.32. The minimum Gasteiger partial charge on any atom is -0.493 e. The maximum Gasteiger partial charge on any atom is 0.519 e. The SMILES string of the molecule is COc1ccc(OC(=O)Oc2ccc(OC)c(OC)c2OC)c(OC)c1OC. The van der Waals surface area contributed by atoms with Crippen molar-refractivity contribution in [1.82, 2.24) is 0 Å². The molecule has 2 aromatic carbocycles. The summed E-state index contributed by atoms with van der Waals surface area (Å²) >= 11 is 0. The van der Waals surface area contributed by atoms with Crippen molar-refractivity contribution in [3.8, 4) is 46.0 Å². The summed E-state index contributed by atoms with van der Waals surface area (Å²) in [5.41, 5.74) is 0. The highest BCUT2D eigenvalue weighted by molar-refractivity contribution is 5.72. The monoisotopic (exact) mass is 394 g/mol. The smallest absolute Gasteiger partial charge is 0.493 e. The van der Waals surface area contributed by atoms with Gasteiger partial charge in [0.1, 0.15) is 0 Å². The third-order valence-corrected chi connectivity index (χ3v) is 3.72. The molecule has 0 fully saturated rings. The molecular formula is C19H22O9. The largest absolute Gasteiger partial charge is 0.519 e. The molecule has 0 aliphatic heterocycles. The van der Waals surface area contributed by atoms with Crippen molar-refractivity contribution >= 4 is 6.16 Å². The zero-order chi connectivity index (χ0) is 20.7. The second-order valence-electron chi connectivity index (χ2n) is 5.12. The van der Waals surface area contributed by atoms with Gasteiger partial charge in [0.05, 0.1) is 42.7 Å². The molecule has 0 saturated carbocycles. The highest BCUT2D eigenvalue weighted by Crippen LogP contribution is 2.45. The normalized spacial score (nSPS) is 9.93. The Morgan fingerprint density at radius 2 is 0.786 bits per heavy atom. The molecule has 0 amide bonds. The quantitative estimate of drug-likeness (QED) is 0.494. The van der Waals surface area contributed by atoms with Gasteiger partial charge in [0.25, 0.3) is 0 Å². The van der Waals surface area contributed by atoms with E-state index in [1.165, 1.54) is 54.8 Å². The molecule has 0 aliphatic rings. The molecular weight excluding hydrogens is 372 g/mol. The van der Waals surface area contributed by atoms with Crippen molar-refractivity contribution in [3.63, 3.8) is 0 Å². The van der Waals surface area contributed by atoms with Gasteiger partial charge in [-0.1, -0.05) is 0 Å². The maximum absolute atomic E-state index is 12.3. The summed E-state index contributed by atoms with van der Waals surface area (Å²) in [6.07, 6.45) is -1.02. The summed E-state index contributed by atoms with van der Waals surface area (Å²) in [6, 6.07) is 6.13. The van der Waals surface area contributed by atoms with E-state index in [1.54, 1.807) is 12.1 Å². The van der Waals surface area contributed by atoms with E-state index in [0.717, 1.165) is 0 Å². The van der Waals surface area contributed by atoms with Crippen LogP contribution in [0.2, 0.25) is 0 Å². The highest BCUT2D eigenvalue weighted by Gasteiger charge is 2.23. The van der Waals surface area contributed by atoms with Crippen molar-refractivity contribution in [2.45, 2.75) is 0 Å². The zero-order valence-electron chi connectivity index (χ0n) is 16.5. The number of benzene rings is 2. The number of hydrogen-bond donors (Lipinski definition) is 0. The molecule has 0 heterocycles. The van der Waals surface area contributed by atoms with E-state index >= 15 is 0 Å². The zero-order valence-corrected chi connectivity index (χ0v) is 16.5. The third kappa shape index (κ3) is 4.08. The van der Waals surface area contributed by atoms with Crippen LogP contribution in [-0.4, -0.2) is 48.8 Å². The van der Waals surface area contributed by atoms with Gasteiger partial charge in [0.15, 0.2) is 23.0 Å². The molecule has 0 aromatic heterocycles. The van der Waals surface area contributed by atoms with Crippen LogP contribution in [0.3, 0.4) is 0 Å². The van der Waals surface area contributed by atoms with E-state index < -0.39 is 6.16 Å². The first-order valence-corrected chi connectivity index (χ1v) is 8.02. The first kappa shape index (κ1) is 20.8. The Morgan fingerprint density at radius 3 is 1.07 bits per heavy atom. The fourth-order valence-corrected chi connectivity index (χ4v) is 2.51. The Hall–Kier alpha value is -3.49. The molecule has 0 N–H and O–H groups in total. The molecule has 0 bridgehead atoms. The number of methoxy groups -OCH3 is 6. The average Bonchev–Trinajstić information content (AvgIpc) is 2.72. The fraction of sp³-hybridized carbons (Fsp3) is 0.316. The Balaban J connectivity index is 2.30. The molecule has 9 nitrogen and oxygen atoms in total. The lowest BCUT2D eigenvalue weighted by molar-refractivity contribution is 0.147. The topological polar surface area (TPSA) is 90.9 Å². The van der Waals surface area contributed by atoms with Gasteiger partial charge < -0.3 is 37.9 Å². The van der Waals surface area contributed by atoms with Gasteiger partial charge in [0, 0.05) is 0 Å². The molecule has 0 spiro atoms. The van der Waals surface area contributed by atoms with Gasteiger partial charge in [-0.25, -0.2) is 4.79 Å². The number of carbonyl (C=O) groups excluding carboxylic acids is 1. The second kappa shape index (κ2) is 9.45. The number of hydrogen-bond acceptors (Lipinski definition) is 9. The van der Waals surface area contributed by atoms with Crippen molar-refractivity contribution in [1.29, 1.82) is 0 Å². The van der Waals surface area contributed by atoms with Gasteiger partial charge in [-0.15, -0.1) is 0 Å². The van der Waals surface area contributed by atoms with Crippen LogP contribution in [0.5, 0.6) is 46.0 Å². The predicted molar refractivity (Wildman–Crippen MR) is 98.8 cm³/mol. The molecule has 0 unspecified atom stereocenters. The van der Waals surface area contributed by atoms with Crippen molar-refractivity contribution < 1.29 is 42.7 Å². The lowest BCUT2D eigenvalue weighted by atomic mass is 10.2. The van der Waals surface area contributed by atoms with Crippen LogP contribution < -0.4 is 37.9 Å². The molecule has 0 atom stereocenters.